The number of rotatable bonds is 3. The van der Waals surface area contributed by atoms with Crippen molar-refractivity contribution >= 4 is 10.2 Å². The molecule has 0 aliphatic rings. The molecule has 0 radical (unpaired) electrons. The van der Waals surface area contributed by atoms with Gasteiger partial charge in [-0.2, -0.15) is 8.42 Å². The van der Waals surface area contributed by atoms with Crippen molar-refractivity contribution in [1.29, 1.82) is 0 Å². The van der Waals surface area contributed by atoms with Crippen LogP contribution >= 0.6 is 0 Å². The topological polar surface area (TPSA) is 60.2 Å². The summed E-state index contributed by atoms with van der Waals surface area (Å²) in [5.41, 5.74) is 6.00. The van der Waals surface area contributed by atoms with Gasteiger partial charge < -0.3 is 5.73 Å². The van der Waals surface area contributed by atoms with Gasteiger partial charge in [0.25, 0.3) is 0 Å². The van der Waals surface area contributed by atoms with Gasteiger partial charge in [0.15, 0.2) is 0 Å². The number of hydrogen-bond donors (Lipinski definition) is 1. The highest BCUT2D eigenvalue weighted by atomic mass is 32.3. The molecule has 0 atom stereocenters. The summed E-state index contributed by atoms with van der Waals surface area (Å²) in [6.07, 6.45) is 0.545. The van der Waals surface area contributed by atoms with Gasteiger partial charge >= 0.3 is 10.2 Å². The quantitative estimate of drug-likeness (QED) is 0.741. The first-order valence-electron chi connectivity index (χ1n) is 3.77. The Labute approximate surface area is 76.6 Å². The number of hydrogen-bond acceptors (Lipinski definition) is 3. The van der Waals surface area contributed by atoms with Crippen LogP contribution in [-0.2, 0) is 16.6 Å². The average Bonchev–Trinajstić information content (AvgIpc) is 2.04. The molecule has 0 spiro atoms. The molecule has 5 heteroatoms. The Morgan fingerprint density at radius 1 is 1.38 bits per heavy atom. The molecule has 0 aliphatic carbocycles. The van der Waals surface area contributed by atoms with E-state index in [4.69, 9.17) is 5.73 Å². The third-order valence-corrected chi connectivity index (χ3v) is 2.43. The highest BCUT2D eigenvalue weighted by molar-refractivity contribution is 7.86. The molecular formula is C8H10FNO2S. The Balaban J connectivity index is 3.06. The molecule has 2 N–H and O–H groups in total. The second-order valence-electron chi connectivity index (χ2n) is 2.62. The molecule has 0 aromatic heterocycles. The van der Waals surface area contributed by atoms with Crippen LogP contribution in [0, 0.1) is 0 Å². The zero-order chi connectivity index (χ0) is 9.90. The van der Waals surface area contributed by atoms with Crippen molar-refractivity contribution in [2.45, 2.75) is 11.3 Å². The lowest BCUT2D eigenvalue weighted by atomic mass is 10.2. The summed E-state index contributed by atoms with van der Waals surface area (Å²) in [6, 6.07) is 5.72. The Hall–Kier alpha value is -0.940. The summed E-state index contributed by atoms with van der Waals surface area (Å²) in [4.78, 5) is -0.307. The van der Waals surface area contributed by atoms with E-state index in [1.165, 1.54) is 18.2 Å². The monoisotopic (exact) mass is 203 g/mol. The molecule has 0 heterocycles. The van der Waals surface area contributed by atoms with Crippen LogP contribution in [0.15, 0.2) is 29.2 Å². The molecule has 0 saturated heterocycles. The van der Waals surface area contributed by atoms with Crippen LogP contribution < -0.4 is 5.73 Å². The molecule has 0 bridgehead atoms. The average molecular weight is 203 g/mol. The molecule has 0 unspecified atom stereocenters. The van der Waals surface area contributed by atoms with E-state index in [1.807, 2.05) is 0 Å². The zero-order valence-electron chi connectivity index (χ0n) is 6.90. The smallest absolute Gasteiger partial charge is 0.330 e. The fourth-order valence-corrected chi connectivity index (χ4v) is 1.55. The van der Waals surface area contributed by atoms with Gasteiger partial charge in [-0.3, -0.25) is 0 Å². The highest BCUT2D eigenvalue weighted by Gasteiger charge is 2.11. The van der Waals surface area contributed by atoms with Crippen molar-refractivity contribution in [3.8, 4) is 0 Å². The minimum Gasteiger partial charge on any atom is -0.330 e. The van der Waals surface area contributed by atoms with Gasteiger partial charge in [0.05, 0.1) is 4.90 Å². The third kappa shape index (κ3) is 2.78. The first-order valence-corrected chi connectivity index (χ1v) is 5.16. The van der Waals surface area contributed by atoms with E-state index in [9.17, 15) is 12.3 Å². The number of benzene rings is 1. The minimum absolute atomic E-state index is 0.307. The fraction of sp³-hybridized carbons (Fsp3) is 0.250. The zero-order valence-corrected chi connectivity index (χ0v) is 7.72. The van der Waals surface area contributed by atoms with Gasteiger partial charge in [-0.25, -0.2) is 0 Å². The van der Waals surface area contributed by atoms with E-state index < -0.39 is 10.2 Å². The molecule has 72 valence electrons. The maximum Gasteiger partial charge on any atom is 0.332 e. The normalized spacial score (nSPS) is 11.5. The highest BCUT2D eigenvalue weighted by Crippen LogP contribution is 2.13. The Morgan fingerprint density at radius 3 is 2.62 bits per heavy atom. The van der Waals surface area contributed by atoms with Crippen molar-refractivity contribution in [2.75, 3.05) is 6.54 Å². The van der Waals surface area contributed by atoms with Crippen LogP contribution in [0.1, 0.15) is 5.56 Å². The van der Waals surface area contributed by atoms with Gasteiger partial charge in [-0.15, -0.1) is 3.89 Å². The standard InChI is InChI=1S/C8H10FNO2S/c9-13(11,12)8-3-1-2-7(6-8)4-5-10/h1-3,6H,4-5,10H2. The number of nitrogens with two attached hydrogens (primary N) is 1. The van der Waals surface area contributed by atoms with Crippen molar-refractivity contribution < 1.29 is 12.3 Å². The summed E-state index contributed by atoms with van der Waals surface area (Å²) < 4.78 is 33.5. The summed E-state index contributed by atoms with van der Waals surface area (Å²) in [5, 5.41) is 0. The molecular weight excluding hydrogens is 193 g/mol. The van der Waals surface area contributed by atoms with Crippen molar-refractivity contribution in [3.05, 3.63) is 29.8 Å². The lowest BCUT2D eigenvalue weighted by Crippen LogP contribution is -2.03. The first-order chi connectivity index (χ1) is 6.04. The molecule has 1 aromatic carbocycles. The molecule has 1 aromatic rings. The van der Waals surface area contributed by atoms with Gasteiger partial charge in [0, 0.05) is 0 Å². The SMILES string of the molecule is NCCc1cccc(S(=O)(=O)F)c1. The maximum atomic E-state index is 12.5. The molecule has 0 fully saturated rings. The van der Waals surface area contributed by atoms with Crippen LogP contribution in [0.3, 0.4) is 0 Å². The second-order valence-corrected chi connectivity index (χ2v) is 3.97. The Bertz CT molecular complexity index is 389. The van der Waals surface area contributed by atoms with Gasteiger partial charge in [-0.05, 0) is 30.7 Å². The van der Waals surface area contributed by atoms with Gasteiger partial charge in [-0.1, -0.05) is 12.1 Å². The summed E-state index contributed by atoms with van der Waals surface area (Å²) >= 11 is 0. The second kappa shape index (κ2) is 3.85. The summed E-state index contributed by atoms with van der Waals surface area (Å²) in [6.45, 7) is 0.412. The fourth-order valence-electron chi connectivity index (χ4n) is 1.02. The molecule has 3 nitrogen and oxygen atoms in total. The molecule has 0 saturated carbocycles. The predicted octanol–water partition coefficient (Wildman–Crippen LogP) is 0.846. The number of halogens is 1. The van der Waals surface area contributed by atoms with Crippen LogP contribution in [0.25, 0.3) is 0 Å². The van der Waals surface area contributed by atoms with Crippen LogP contribution in [-0.4, -0.2) is 15.0 Å². The van der Waals surface area contributed by atoms with E-state index in [0.29, 0.717) is 13.0 Å². The lowest BCUT2D eigenvalue weighted by Gasteiger charge is -1.99. The van der Waals surface area contributed by atoms with Gasteiger partial charge in [0.2, 0.25) is 0 Å². The van der Waals surface area contributed by atoms with Crippen molar-refractivity contribution in [2.24, 2.45) is 5.73 Å². The molecule has 0 amide bonds. The molecule has 0 aliphatic heterocycles. The minimum atomic E-state index is -4.58. The lowest BCUT2D eigenvalue weighted by molar-refractivity contribution is 0.552. The molecule has 13 heavy (non-hydrogen) atoms. The predicted molar refractivity (Wildman–Crippen MR) is 47.5 cm³/mol. The van der Waals surface area contributed by atoms with Gasteiger partial charge in [0.1, 0.15) is 0 Å². The van der Waals surface area contributed by atoms with Crippen LogP contribution in [0.5, 0.6) is 0 Å². The van der Waals surface area contributed by atoms with Crippen LogP contribution in [0.4, 0.5) is 3.89 Å². The van der Waals surface area contributed by atoms with E-state index >= 15 is 0 Å². The Morgan fingerprint density at radius 2 is 2.08 bits per heavy atom. The molecule has 1 rings (SSSR count). The third-order valence-electron chi connectivity index (χ3n) is 1.61. The first kappa shape index (κ1) is 10.1. The van der Waals surface area contributed by atoms with Crippen molar-refractivity contribution in [1.82, 2.24) is 0 Å². The maximum absolute atomic E-state index is 12.5. The Kier molecular flexibility index (Phi) is 3.00. The largest absolute Gasteiger partial charge is 0.332 e. The van der Waals surface area contributed by atoms with E-state index in [1.54, 1.807) is 6.07 Å². The van der Waals surface area contributed by atoms with Crippen molar-refractivity contribution in [3.63, 3.8) is 0 Å². The summed E-state index contributed by atoms with van der Waals surface area (Å²) in [7, 11) is -4.58. The van der Waals surface area contributed by atoms with Crippen LogP contribution in [0.2, 0.25) is 0 Å². The van der Waals surface area contributed by atoms with E-state index in [2.05, 4.69) is 0 Å². The van der Waals surface area contributed by atoms with E-state index in [-0.39, 0.29) is 4.90 Å². The summed E-state index contributed by atoms with van der Waals surface area (Å²) in [5.74, 6) is 0. The van der Waals surface area contributed by atoms with E-state index in [0.717, 1.165) is 5.56 Å².